The van der Waals surface area contributed by atoms with Crippen molar-refractivity contribution in [3.8, 4) is 0 Å². The van der Waals surface area contributed by atoms with Gasteiger partial charge in [0, 0.05) is 44.0 Å². The van der Waals surface area contributed by atoms with E-state index in [0.717, 1.165) is 11.3 Å². The maximum absolute atomic E-state index is 12.6. The van der Waals surface area contributed by atoms with Gasteiger partial charge in [-0.25, -0.2) is 0 Å². The number of nitrogens with zero attached hydrogens (tertiary/aromatic N) is 2. The number of piperazine rings is 1. The molecule has 3 N–H and O–H groups in total. The van der Waals surface area contributed by atoms with E-state index in [1.54, 1.807) is 0 Å². The molecule has 1 aliphatic rings. The van der Waals surface area contributed by atoms with Gasteiger partial charge in [-0.3, -0.25) is 14.5 Å². The quantitative estimate of drug-likeness (QED) is 0.856. The zero-order valence-corrected chi connectivity index (χ0v) is 14.7. The van der Waals surface area contributed by atoms with Crippen molar-refractivity contribution in [2.75, 3.05) is 38.0 Å². The van der Waals surface area contributed by atoms with E-state index >= 15 is 0 Å². The third kappa shape index (κ3) is 4.68. The van der Waals surface area contributed by atoms with Crippen LogP contribution in [0.1, 0.15) is 15.9 Å². The minimum Gasteiger partial charge on any atom is -0.336 e. The molecule has 2 aromatic carbocycles. The summed E-state index contributed by atoms with van der Waals surface area (Å²) < 4.78 is 0. The monoisotopic (exact) mass is 352 g/mol. The van der Waals surface area contributed by atoms with E-state index in [1.807, 2.05) is 59.5 Å². The average molecular weight is 352 g/mol. The fourth-order valence-corrected chi connectivity index (χ4v) is 3.00. The van der Waals surface area contributed by atoms with Crippen LogP contribution in [0.25, 0.3) is 0 Å². The van der Waals surface area contributed by atoms with Crippen LogP contribution in [-0.4, -0.2) is 54.3 Å². The Kier molecular flexibility index (Phi) is 5.99. The van der Waals surface area contributed by atoms with Crippen molar-refractivity contribution in [1.29, 1.82) is 0 Å². The molecular weight excluding hydrogens is 328 g/mol. The smallest absolute Gasteiger partial charge is 0.253 e. The molecule has 1 saturated heterocycles. The summed E-state index contributed by atoms with van der Waals surface area (Å²) in [5, 5.41) is 2.89. The number of benzene rings is 2. The first kappa shape index (κ1) is 18.1. The number of nitrogens with one attached hydrogen (secondary N) is 1. The summed E-state index contributed by atoms with van der Waals surface area (Å²) in [6.07, 6.45) is 0. The number of carbonyl (C=O) groups is 2. The Bertz CT molecular complexity index is 738. The fraction of sp³-hybridized carbons (Fsp3) is 0.300. The van der Waals surface area contributed by atoms with Gasteiger partial charge in [-0.05, 0) is 29.8 Å². The number of anilines is 1. The maximum atomic E-state index is 12.6. The van der Waals surface area contributed by atoms with E-state index in [1.165, 1.54) is 0 Å². The summed E-state index contributed by atoms with van der Waals surface area (Å²) in [5.41, 5.74) is 8.08. The molecule has 0 spiro atoms. The molecule has 2 amide bonds. The highest BCUT2D eigenvalue weighted by atomic mass is 16.2. The molecule has 1 heterocycles. The molecule has 0 atom stereocenters. The van der Waals surface area contributed by atoms with Gasteiger partial charge in [-0.2, -0.15) is 0 Å². The molecule has 0 unspecified atom stereocenters. The summed E-state index contributed by atoms with van der Waals surface area (Å²) >= 11 is 0. The zero-order valence-electron chi connectivity index (χ0n) is 14.7. The van der Waals surface area contributed by atoms with Crippen molar-refractivity contribution in [3.63, 3.8) is 0 Å². The Balaban J connectivity index is 1.47. The molecule has 2 aromatic rings. The largest absolute Gasteiger partial charge is 0.336 e. The van der Waals surface area contributed by atoms with E-state index in [0.29, 0.717) is 44.8 Å². The molecule has 0 saturated carbocycles. The van der Waals surface area contributed by atoms with Crippen molar-refractivity contribution in [3.05, 3.63) is 65.7 Å². The normalized spacial score (nSPS) is 14.9. The van der Waals surface area contributed by atoms with E-state index in [2.05, 4.69) is 10.2 Å². The molecule has 136 valence electrons. The highest BCUT2D eigenvalue weighted by Crippen LogP contribution is 2.11. The van der Waals surface area contributed by atoms with Crippen LogP contribution in [0, 0.1) is 0 Å². The summed E-state index contributed by atoms with van der Waals surface area (Å²) in [7, 11) is 0. The zero-order chi connectivity index (χ0) is 18.4. The maximum Gasteiger partial charge on any atom is 0.253 e. The number of para-hydroxylation sites is 1. The lowest BCUT2D eigenvalue weighted by atomic mass is 10.1. The summed E-state index contributed by atoms with van der Waals surface area (Å²) in [6.45, 7) is 3.43. The van der Waals surface area contributed by atoms with Gasteiger partial charge in [0.05, 0.1) is 6.54 Å². The predicted molar refractivity (Wildman–Crippen MR) is 102 cm³/mol. The third-order valence-electron chi connectivity index (χ3n) is 4.52. The number of carbonyl (C=O) groups excluding carboxylic acids is 2. The van der Waals surface area contributed by atoms with Crippen molar-refractivity contribution in [2.24, 2.45) is 5.73 Å². The lowest BCUT2D eigenvalue weighted by Crippen LogP contribution is -2.50. The first-order chi connectivity index (χ1) is 12.7. The van der Waals surface area contributed by atoms with Gasteiger partial charge in [0.15, 0.2) is 0 Å². The molecule has 0 aliphatic carbocycles. The van der Waals surface area contributed by atoms with Crippen molar-refractivity contribution in [2.45, 2.75) is 6.54 Å². The Hall–Kier alpha value is -2.70. The Labute approximate surface area is 153 Å². The van der Waals surface area contributed by atoms with Crippen LogP contribution < -0.4 is 11.1 Å². The van der Waals surface area contributed by atoms with E-state index in [9.17, 15) is 9.59 Å². The first-order valence-corrected chi connectivity index (χ1v) is 8.81. The molecule has 6 nitrogen and oxygen atoms in total. The molecule has 3 rings (SSSR count). The van der Waals surface area contributed by atoms with Gasteiger partial charge in [-0.1, -0.05) is 30.3 Å². The SMILES string of the molecule is NCc1ccc(C(=O)N2CCN(CC(=O)Nc3ccccc3)CC2)cc1. The van der Waals surface area contributed by atoms with Gasteiger partial charge in [-0.15, -0.1) is 0 Å². The van der Waals surface area contributed by atoms with Gasteiger partial charge in [0.2, 0.25) is 5.91 Å². The molecule has 0 aromatic heterocycles. The Morgan fingerprint density at radius 1 is 0.923 bits per heavy atom. The third-order valence-corrected chi connectivity index (χ3v) is 4.52. The molecule has 0 radical (unpaired) electrons. The minimum absolute atomic E-state index is 0.0296. The molecule has 0 bridgehead atoms. The minimum atomic E-state index is -0.0339. The van der Waals surface area contributed by atoms with E-state index in [-0.39, 0.29) is 11.8 Å². The second-order valence-corrected chi connectivity index (χ2v) is 6.38. The van der Waals surface area contributed by atoms with Crippen LogP contribution in [0.5, 0.6) is 0 Å². The molecule has 1 fully saturated rings. The average Bonchev–Trinajstić information content (AvgIpc) is 2.69. The number of rotatable bonds is 5. The van der Waals surface area contributed by atoms with Crippen molar-refractivity contribution in [1.82, 2.24) is 9.80 Å². The van der Waals surface area contributed by atoms with Gasteiger partial charge in [0.1, 0.15) is 0 Å². The van der Waals surface area contributed by atoms with E-state index in [4.69, 9.17) is 5.73 Å². The number of nitrogens with two attached hydrogens (primary N) is 1. The molecular formula is C20H24N4O2. The van der Waals surface area contributed by atoms with Crippen LogP contribution in [0.15, 0.2) is 54.6 Å². The Morgan fingerprint density at radius 2 is 1.58 bits per heavy atom. The van der Waals surface area contributed by atoms with Gasteiger partial charge in [0.25, 0.3) is 5.91 Å². The van der Waals surface area contributed by atoms with Gasteiger partial charge >= 0.3 is 0 Å². The lowest BCUT2D eigenvalue weighted by molar-refractivity contribution is -0.117. The summed E-state index contributed by atoms with van der Waals surface area (Å²) in [4.78, 5) is 28.6. The summed E-state index contributed by atoms with van der Waals surface area (Å²) in [6, 6.07) is 16.8. The molecule has 6 heteroatoms. The summed E-state index contributed by atoms with van der Waals surface area (Å²) in [5.74, 6) is -0.00434. The van der Waals surface area contributed by atoms with Crippen molar-refractivity contribution >= 4 is 17.5 Å². The van der Waals surface area contributed by atoms with Crippen molar-refractivity contribution < 1.29 is 9.59 Å². The van der Waals surface area contributed by atoms with Crippen LogP contribution >= 0.6 is 0 Å². The first-order valence-electron chi connectivity index (χ1n) is 8.81. The fourth-order valence-electron chi connectivity index (χ4n) is 3.00. The van der Waals surface area contributed by atoms with Crippen LogP contribution in [0.3, 0.4) is 0 Å². The van der Waals surface area contributed by atoms with Gasteiger partial charge < -0.3 is 16.0 Å². The second-order valence-electron chi connectivity index (χ2n) is 6.38. The standard InChI is InChI=1S/C20H24N4O2/c21-14-16-6-8-17(9-7-16)20(26)24-12-10-23(11-13-24)15-19(25)22-18-4-2-1-3-5-18/h1-9H,10-15,21H2,(H,22,25). The highest BCUT2D eigenvalue weighted by Gasteiger charge is 2.23. The number of hydrogen-bond acceptors (Lipinski definition) is 4. The highest BCUT2D eigenvalue weighted by molar-refractivity contribution is 5.94. The molecule has 26 heavy (non-hydrogen) atoms. The van der Waals surface area contributed by atoms with Crippen LogP contribution in [0.4, 0.5) is 5.69 Å². The number of hydrogen-bond donors (Lipinski definition) is 2. The molecule has 1 aliphatic heterocycles. The van der Waals surface area contributed by atoms with E-state index < -0.39 is 0 Å². The topological polar surface area (TPSA) is 78.7 Å². The lowest BCUT2D eigenvalue weighted by Gasteiger charge is -2.34. The van der Waals surface area contributed by atoms with Crippen LogP contribution in [0.2, 0.25) is 0 Å². The number of amides is 2. The Morgan fingerprint density at radius 3 is 2.19 bits per heavy atom. The van der Waals surface area contributed by atoms with Crippen LogP contribution in [-0.2, 0) is 11.3 Å². The second kappa shape index (κ2) is 8.60. The predicted octanol–water partition coefficient (Wildman–Crippen LogP) is 1.54.